The van der Waals surface area contributed by atoms with Gasteiger partial charge in [0.1, 0.15) is 12.4 Å². The maximum Gasteiger partial charge on any atom is 0.258 e. The Bertz CT molecular complexity index is 667. The van der Waals surface area contributed by atoms with Gasteiger partial charge in [-0.3, -0.25) is 10.1 Å². The van der Waals surface area contributed by atoms with Crippen molar-refractivity contribution in [1.29, 1.82) is 0 Å². The number of nitrogens with zero attached hydrogens (tertiary/aromatic N) is 3. The summed E-state index contributed by atoms with van der Waals surface area (Å²) in [5.41, 5.74) is 0.494. The minimum atomic E-state index is -0.256. The van der Waals surface area contributed by atoms with E-state index in [2.05, 4.69) is 15.4 Å². The van der Waals surface area contributed by atoms with Gasteiger partial charge in [0, 0.05) is 25.6 Å². The summed E-state index contributed by atoms with van der Waals surface area (Å²) in [5, 5.41) is 7.04. The van der Waals surface area contributed by atoms with Crippen LogP contribution in [0.5, 0.6) is 5.75 Å². The largest absolute Gasteiger partial charge is 0.491 e. The van der Waals surface area contributed by atoms with E-state index in [1.165, 1.54) is 0 Å². The Morgan fingerprint density at radius 3 is 2.78 bits per heavy atom. The van der Waals surface area contributed by atoms with Crippen LogP contribution in [-0.2, 0) is 11.8 Å². The second kappa shape index (κ2) is 7.73. The highest BCUT2D eigenvalue weighted by Gasteiger charge is 2.14. The van der Waals surface area contributed by atoms with Crippen molar-refractivity contribution in [2.45, 2.75) is 19.8 Å². The molecule has 0 radical (unpaired) electrons. The van der Waals surface area contributed by atoms with Gasteiger partial charge in [-0.25, -0.2) is 4.68 Å². The molecule has 0 unspecified atom stereocenters. The molecule has 0 fully saturated rings. The average Bonchev–Trinajstić information content (AvgIpc) is 2.89. The van der Waals surface area contributed by atoms with E-state index in [0.717, 1.165) is 0 Å². The van der Waals surface area contributed by atoms with E-state index in [4.69, 9.17) is 9.47 Å². The van der Waals surface area contributed by atoms with Crippen LogP contribution >= 0.6 is 0 Å². The van der Waals surface area contributed by atoms with Crippen LogP contribution in [0.15, 0.2) is 24.3 Å². The molecule has 0 aliphatic heterocycles. The maximum atomic E-state index is 12.4. The number of carbonyl (C=O) groups is 1. The number of benzene rings is 1. The van der Waals surface area contributed by atoms with Crippen molar-refractivity contribution in [1.82, 2.24) is 14.8 Å². The lowest BCUT2D eigenvalue weighted by Gasteiger charge is -2.08. The lowest BCUT2D eigenvalue weighted by atomic mass is 10.2. The first-order chi connectivity index (χ1) is 11.0. The Morgan fingerprint density at radius 2 is 2.13 bits per heavy atom. The summed E-state index contributed by atoms with van der Waals surface area (Å²) in [6.45, 7) is 4.93. The molecule has 1 amide bonds. The SMILES string of the molecule is COCCOc1cccc(C(=O)Nc2nc(C(C)C)nn2C)c1. The number of anilines is 1. The molecular weight excluding hydrogens is 296 g/mol. The standard InChI is InChI=1S/C16H22N4O3/c1-11(2)14-17-16(20(3)19-14)18-15(21)12-6-5-7-13(10-12)23-9-8-22-4/h5-7,10-11H,8-9H2,1-4H3,(H,17,18,19,21). The van der Waals surface area contributed by atoms with Crippen LogP contribution in [0.2, 0.25) is 0 Å². The van der Waals surface area contributed by atoms with Crippen LogP contribution in [0.25, 0.3) is 0 Å². The van der Waals surface area contributed by atoms with Crippen LogP contribution < -0.4 is 10.1 Å². The molecule has 7 heteroatoms. The third kappa shape index (κ3) is 4.53. The molecule has 124 valence electrons. The van der Waals surface area contributed by atoms with Crippen molar-refractivity contribution in [2.24, 2.45) is 7.05 Å². The maximum absolute atomic E-state index is 12.4. The van der Waals surface area contributed by atoms with Gasteiger partial charge in [0.2, 0.25) is 5.95 Å². The van der Waals surface area contributed by atoms with Crippen LogP contribution in [0.4, 0.5) is 5.95 Å². The molecule has 0 spiro atoms. The molecule has 2 aromatic rings. The quantitative estimate of drug-likeness (QED) is 0.792. The van der Waals surface area contributed by atoms with Gasteiger partial charge >= 0.3 is 0 Å². The molecule has 1 N–H and O–H groups in total. The van der Waals surface area contributed by atoms with Crippen molar-refractivity contribution in [2.75, 3.05) is 25.6 Å². The number of aromatic nitrogens is 3. The molecule has 1 heterocycles. The molecule has 1 aromatic carbocycles. The Labute approximate surface area is 135 Å². The zero-order valence-electron chi connectivity index (χ0n) is 13.9. The molecule has 23 heavy (non-hydrogen) atoms. The van der Waals surface area contributed by atoms with E-state index in [-0.39, 0.29) is 11.8 Å². The summed E-state index contributed by atoms with van der Waals surface area (Å²) in [6, 6.07) is 6.97. The molecular formula is C16H22N4O3. The molecule has 0 bridgehead atoms. The number of amides is 1. The summed E-state index contributed by atoms with van der Waals surface area (Å²) >= 11 is 0. The summed E-state index contributed by atoms with van der Waals surface area (Å²) in [5.74, 6) is 1.68. The van der Waals surface area contributed by atoms with Crippen molar-refractivity contribution >= 4 is 11.9 Å². The van der Waals surface area contributed by atoms with E-state index in [1.807, 2.05) is 13.8 Å². The van der Waals surface area contributed by atoms with Crippen LogP contribution in [-0.4, -0.2) is 41.0 Å². The van der Waals surface area contributed by atoms with Gasteiger partial charge in [-0.05, 0) is 18.2 Å². The molecule has 0 aliphatic rings. The molecule has 0 aliphatic carbocycles. The third-order valence-corrected chi connectivity index (χ3v) is 3.17. The lowest BCUT2D eigenvalue weighted by molar-refractivity contribution is 0.102. The van der Waals surface area contributed by atoms with Gasteiger partial charge in [-0.2, -0.15) is 10.1 Å². The number of rotatable bonds is 7. The molecule has 0 saturated heterocycles. The third-order valence-electron chi connectivity index (χ3n) is 3.17. The number of nitrogens with one attached hydrogen (secondary N) is 1. The predicted octanol–water partition coefficient (Wildman–Crippen LogP) is 2.22. The van der Waals surface area contributed by atoms with Gasteiger partial charge in [0.25, 0.3) is 5.91 Å². The number of aryl methyl sites for hydroxylation is 1. The number of hydrogen-bond donors (Lipinski definition) is 1. The Balaban J connectivity index is 2.07. The topological polar surface area (TPSA) is 78.3 Å². The lowest BCUT2D eigenvalue weighted by Crippen LogP contribution is -2.15. The average molecular weight is 318 g/mol. The van der Waals surface area contributed by atoms with Crippen LogP contribution in [0, 0.1) is 0 Å². The van der Waals surface area contributed by atoms with E-state index < -0.39 is 0 Å². The second-order valence-corrected chi connectivity index (χ2v) is 5.40. The minimum Gasteiger partial charge on any atom is -0.491 e. The molecule has 7 nitrogen and oxygen atoms in total. The summed E-state index contributed by atoms with van der Waals surface area (Å²) in [7, 11) is 3.36. The Morgan fingerprint density at radius 1 is 1.35 bits per heavy atom. The van der Waals surface area contributed by atoms with E-state index >= 15 is 0 Å². The van der Waals surface area contributed by atoms with Gasteiger partial charge in [0.05, 0.1) is 6.61 Å². The molecule has 2 rings (SSSR count). The fraction of sp³-hybridized carbons (Fsp3) is 0.438. The monoisotopic (exact) mass is 318 g/mol. The van der Waals surface area contributed by atoms with Crippen molar-refractivity contribution in [3.8, 4) is 5.75 Å². The number of methoxy groups -OCH3 is 1. The zero-order chi connectivity index (χ0) is 16.8. The van der Waals surface area contributed by atoms with Gasteiger partial charge in [0.15, 0.2) is 5.82 Å². The first-order valence-electron chi connectivity index (χ1n) is 7.45. The summed E-state index contributed by atoms with van der Waals surface area (Å²) < 4.78 is 12.0. The number of carbonyl (C=O) groups excluding carboxylic acids is 1. The first kappa shape index (κ1) is 17.0. The first-order valence-corrected chi connectivity index (χ1v) is 7.45. The van der Waals surface area contributed by atoms with E-state index in [9.17, 15) is 4.79 Å². The van der Waals surface area contributed by atoms with Gasteiger partial charge in [-0.1, -0.05) is 19.9 Å². The normalized spacial score (nSPS) is 10.8. The molecule has 0 atom stereocenters. The molecule has 0 saturated carbocycles. The Hall–Kier alpha value is -2.41. The molecule has 1 aromatic heterocycles. The van der Waals surface area contributed by atoms with Crippen molar-refractivity contribution in [3.05, 3.63) is 35.7 Å². The van der Waals surface area contributed by atoms with Gasteiger partial charge < -0.3 is 9.47 Å². The summed E-state index contributed by atoms with van der Waals surface area (Å²) in [4.78, 5) is 16.7. The zero-order valence-corrected chi connectivity index (χ0v) is 13.9. The van der Waals surface area contributed by atoms with Gasteiger partial charge in [-0.15, -0.1) is 0 Å². The fourth-order valence-corrected chi connectivity index (χ4v) is 1.90. The van der Waals surface area contributed by atoms with Crippen molar-refractivity contribution in [3.63, 3.8) is 0 Å². The highest BCUT2D eigenvalue weighted by Crippen LogP contribution is 2.16. The highest BCUT2D eigenvalue weighted by atomic mass is 16.5. The van der Waals surface area contributed by atoms with Crippen LogP contribution in [0.3, 0.4) is 0 Å². The van der Waals surface area contributed by atoms with Crippen molar-refractivity contribution < 1.29 is 14.3 Å². The smallest absolute Gasteiger partial charge is 0.258 e. The Kier molecular flexibility index (Phi) is 5.70. The number of ether oxygens (including phenoxy) is 2. The minimum absolute atomic E-state index is 0.198. The number of hydrogen-bond acceptors (Lipinski definition) is 5. The van der Waals surface area contributed by atoms with E-state index in [1.54, 1.807) is 43.1 Å². The highest BCUT2D eigenvalue weighted by molar-refractivity contribution is 6.03. The predicted molar refractivity (Wildman–Crippen MR) is 86.9 cm³/mol. The van der Waals surface area contributed by atoms with Crippen LogP contribution in [0.1, 0.15) is 35.9 Å². The summed E-state index contributed by atoms with van der Waals surface area (Å²) in [6.07, 6.45) is 0. The van der Waals surface area contributed by atoms with E-state index in [0.29, 0.717) is 36.3 Å². The fourth-order valence-electron chi connectivity index (χ4n) is 1.90. The second-order valence-electron chi connectivity index (χ2n) is 5.40.